The largest absolute Gasteiger partial charge is 0.352 e. The number of nitrogens with one attached hydrogen (secondary N) is 1. The van der Waals surface area contributed by atoms with E-state index in [2.05, 4.69) is 19.2 Å². The summed E-state index contributed by atoms with van der Waals surface area (Å²) in [6.45, 7) is 5.35. The summed E-state index contributed by atoms with van der Waals surface area (Å²) in [4.78, 5) is 28.0. The lowest BCUT2D eigenvalue weighted by molar-refractivity contribution is -0.124. The lowest BCUT2D eigenvalue weighted by atomic mass is 9.78. The molecule has 2 aliphatic heterocycles. The van der Waals surface area contributed by atoms with Crippen LogP contribution in [0.2, 0.25) is 0 Å². The SMILES string of the molecule is C[C@H]1[C@H](C)CCC[C@@H]1NC(=O)CN1C(=O)CSc2ccc(S(=O)(=O)N3CCCC3)cc21. The first-order valence-corrected chi connectivity index (χ1v) is 13.6. The molecule has 2 fully saturated rings. The minimum Gasteiger partial charge on any atom is -0.352 e. The fourth-order valence-electron chi connectivity index (χ4n) is 4.78. The minimum atomic E-state index is -3.59. The zero-order chi connectivity index (χ0) is 22.2. The molecule has 0 bridgehead atoms. The highest BCUT2D eigenvalue weighted by Crippen LogP contribution is 2.38. The van der Waals surface area contributed by atoms with Crippen molar-refractivity contribution in [2.24, 2.45) is 11.8 Å². The Morgan fingerprint density at radius 3 is 2.65 bits per heavy atom. The maximum atomic E-state index is 13.0. The van der Waals surface area contributed by atoms with Crippen molar-refractivity contribution < 1.29 is 18.0 Å². The molecule has 3 aliphatic rings. The Kier molecular flexibility index (Phi) is 6.65. The molecule has 0 radical (unpaired) electrons. The van der Waals surface area contributed by atoms with Crippen molar-refractivity contribution in [2.45, 2.75) is 61.8 Å². The van der Waals surface area contributed by atoms with Crippen LogP contribution >= 0.6 is 11.8 Å². The normalized spacial score (nSPS) is 27.2. The van der Waals surface area contributed by atoms with Crippen LogP contribution in [-0.4, -0.2) is 56.0 Å². The Morgan fingerprint density at radius 2 is 1.90 bits per heavy atom. The number of carbonyl (C=O) groups excluding carboxylic acids is 2. The van der Waals surface area contributed by atoms with Crippen LogP contribution < -0.4 is 10.2 Å². The van der Waals surface area contributed by atoms with Gasteiger partial charge in [0.2, 0.25) is 21.8 Å². The summed E-state index contributed by atoms with van der Waals surface area (Å²) >= 11 is 1.38. The number of sulfonamides is 1. The first-order valence-electron chi connectivity index (χ1n) is 11.1. The van der Waals surface area contributed by atoms with Crippen molar-refractivity contribution >= 4 is 39.3 Å². The molecule has 1 saturated heterocycles. The molecule has 0 aromatic heterocycles. The quantitative estimate of drug-likeness (QED) is 0.723. The first kappa shape index (κ1) is 22.6. The maximum absolute atomic E-state index is 13.0. The van der Waals surface area contributed by atoms with Gasteiger partial charge in [-0.3, -0.25) is 9.59 Å². The van der Waals surface area contributed by atoms with Gasteiger partial charge in [0.15, 0.2) is 0 Å². The number of hydrogen-bond acceptors (Lipinski definition) is 5. The molecule has 1 aromatic carbocycles. The van der Waals surface area contributed by atoms with E-state index in [9.17, 15) is 18.0 Å². The molecule has 2 amide bonds. The van der Waals surface area contributed by atoms with Gasteiger partial charge in [0.05, 0.1) is 16.3 Å². The van der Waals surface area contributed by atoms with E-state index in [0.29, 0.717) is 30.6 Å². The van der Waals surface area contributed by atoms with Crippen molar-refractivity contribution in [2.75, 3.05) is 30.3 Å². The molecule has 0 spiro atoms. The second-order valence-electron chi connectivity index (χ2n) is 8.95. The van der Waals surface area contributed by atoms with E-state index >= 15 is 0 Å². The van der Waals surface area contributed by atoms with Crippen molar-refractivity contribution in [3.63, 3.8) is 0 Å². The molecule has 1 aromatic rings. The van der Waals surface area contributed by atoms with Crippen molar-refractivity contribution in [1.82, 2.24) is 9.62 Å². The molecule has 31 heavy (non-hydrogen) atoms. The monoisotopic (exact) mass is 465 g/mol. The van der Waals surface area contributed by atoms with Crippen LogP contribution in [0.5, 0.6) is 0 Å². The Balaban J connectivity index is 1.54. The number of thioether (sulfide) groups is 1. The van der Waals surface area contributed by atoms with Crippen LogP contribution in [0, 0.1) is 11.8 Å². The van der Waals surface area contributed by atoms with Crippen LogP contribution in [0.1, 0.15) is 46.0 Å². The van der Waals surface area contributed by atoms with E-state index < -0.39 is 10.0 Å². The standard InChI is InChI=1S/C22H31N3O4S2/c1-15-6-5-7-18(16(15)2)23-21(26)13-25-19-12-17(8-9-20(19)30-14-22(25)27)31(28,29)24-10-3-4-11-24/h8-9,12,15-16,18H,3-7,10-11,13-14H2,1-2H3,(H,23,26)/t15-,16+,18+/m1/s1. The number of carbonyl (C=O) groups is 2. The Morgan fingerprint density at radius 1 is 1.16 bits per heavy atom. The van der Waals surface area contributed by atoms with Crippen molar-refractivity contribution in [3.05, 3.63) is 18.2 Å². The summed E-state index contributed by atoms with van der Waals surface area (Å²) < 4.78 is 27.5. The Labute approximate surface area is 189 Å². The van der Waals surface area contributed by atoms with Crippen LogP contribution in [-0.2, 0) is 19.6 Å². The second kappa shape index (κ2) is 9.11. The van der Waals surface area contributed by atoms with Gasteiger partial charge in [0.1, 0.15) is 6.54 Å². The molecule has 170 valence electrons. The van der Waals surface area contributed by atoms with Gasteiger partial charge in [-0.15, -0.1) is 11.8 Å². The highest BCUT2D eigenvalue weighted by Gasteiger charge is 2.33. The molecular weight excluding hydrogens is 434 g/mol. The number of benzene rings is 1. The summed E-state index contributed by atoms with van der Waals surface area (Å²) in [7, 11) is -3.59. The first-order chi connectivity index (χ1) is 14.8. The number of anilines is 1. The van der Waals surface area contributed by atoms with E-state index in [-0.39, 0.29) is 35.0 Å². The predicted octanol–water partition coefficient (Wildman–Crippen LogP) is 2.85. The average Bonchev–Trinajstić information content (AvgIpc) is 3.29. The average molecular weight is 466 g/mol. The molecule has 0 unspecified atom stereocenters. The van der Waals surface area contributed by atoms with Crippen LogP contribution in [0.3, 0.4) is 0 Å². The lowest BCUT2D eigenvalue weighted by Gasteiger charge is -2.35. The molecule has 9 heteroatoms. The predicted molar refractivity (Wildman–Crippen MR) is 122 cm³/mol. The number of fused-ring (bicyclic) bond motifs is 1. The van der Waals surface area contributed by atoms with E-state index in [1.807, 2.05) is 0 Å². The highest BCUT2D eigenvalue weighted by atomic mass is 32.2. The van der Waals surface area contributed by atoms with Gasteiger partial charge in [-0.25, -0.2) is 8.42 Å². The molecule has 3 atom stereocenters. The third-order valence-corrected chi connectivity index (χ3v) is 9.87. The maximum Gasteiger partial charge on any atom is 0.243 e. The van der Waals surface area contributed by atoms with Crippen molar-refractivity contribution in [1.29, 1.82) is 0 Å². The van der Waals surface area contributed by atoms with Gasteiger partial charge in [0.25, 0.3) is 0 Å². The van der Waals surface area contributed by atoms with E-state index in [0.717, 1.165) is 30.6 Å². The summed E-state index contributed by atoms with van der Waals surface area (Å²) in [5.74, 6) is 0.842. The Hall–Kier alpha value is -1.58. The summed E-state index contributed by atoms with van der Waals surface area (Å²) in [6, 6.07) is 5.04. The second-order valence-corrected chi connectivity index (χ2v) is 11.9. The lowest BCUT2D eigenvalue weighted by Crippen LogP contribution is -2.49. The molecule has 4 rings (SSSR count). The molecular formula is C22H31N3O4S2. The number of hydrogen-bond donors (Lipinski definition) is 1. The van der Waals surface area contributed by atoms with Gasteiger partial charge in [-0.1, -0.05) is 26.7 Å². The van der Waals surface area contributed by atoms with E-state index in [1.54, 1.807) is 18.2 Å². The minimum absolute atomic E-state index is 0.0861. The van der Waals surface area contributed by atoms with Crippen LogP contribution in [0.4, 0.5) is 5.69 Å². The summed E-state index contributed by atoms with van der Waals surface area (Å²) in [6.07, 6.45) is 4.95. The third kappa shape index (κ3) is 4.64. The highest BCUT2D eigenvalue weighted by molar-refractivity contribution is 8.00. The number of amides is 2. The molecule has 1 aliphatic carbocycles. The van der Waals surface area contributed by atoms with Gasteiger partial charge >= 0.3 is 0 Å². The number of rotatable bonds is 5. The van der Waals surface area contributed by atoms with Gasteiger partial charge < -0.3 is 10.2 Å². The Bertz CT molecular complexity index is 960. The van der Waals surface area contributed by atoms with Gasteiger partial charge in [0, 0.05) is 24.0 Å². The van der Waals surface area contributed by atoms with Gasteiger partial charge in [-0.2, -0.15) is 4.31 Å². The van der Waals surface area contributed by atoms with Crippen molar-refractivity contribution in [3.8, 4) is 0 Å². The topological polar surface area (TPSA) is 86.8 Å². The zero-order valence-electron chi connectivity index (χ0n) is 18.2. The smallest absolute Gasteiger partial charge is 0.243 e. The van der Waals surface area contributed by atoms with Crippen LogP contribution in [0.15, 0.2) is 28.0 Å². The van der Waals surface area contributed by atoms with E-state index in [1.165, 1.54) is 27.4 Å². The summed E-state index contributed by atoms with van der Waals surface area (Å²) in [5, 5.41) is 3.12. The van der Waals surface area contributed by atoms with E-state index in [4.69, 9.17) is 0 Å². The third-order valence-electron chi connectivity index (χ3n) is 6.93. The molecule has 2 heterocycles. The zero-order valence-corrected chi connectivity index (χ0v) is 19.8. The molecule has 7 nitrogen and oxygen atoms in total. The fourth-order valence-corrected chi connectivity index (χ4v) is 7.23. The molecule has 1 saturated carbocycles. The fraction of sp³-hybridized carbons (Fsp3) is 0.636. The molecule has 1 N–H and O–H groups in total. The summed E-state index contributed by atoms with van der Waals surface area (Å²) in [5.41, 5.74) is 0.515. The van der Waals surface area contributed by atoms with Crippen LogP contribution in [0.25, 0.3) is 0 Å². The number of nitrogens with zero attached hydrogens (tertiary/aromatic N) is 2. The van der Waals surface area contributed by atoms with Gasteiger partial charge in [-0.05, 0) is 49.3 Å².